The molecule has 0 saturated carbocycles. The van der Waals surface area contributed by atoms with Crippen LogP contribution >= 0.6 is 23.2 Å². The van der Waals surface area contributed by atoms with Gasteiger partial charge in [0.1, 0.15) is 0 Å². The van der Waals surface area contributed by atoms with Crippen molar-refractivity contribution in [1.29, 1.82) is 0 Å². The fourth-order valence-electron chi connectivity index (χ4n) is 2.98. The first kappa shape index (κ1) is 15.1. The number of halogens is 2. The Bertz CT molecular complexity index is 446. The van der Waals surface area contributed by atoms with E-state index < -0.39 is 0 Å². The maximum Gasteiger partial charge on any atom is 0.0485 e. The van der Waals surface area contributed by atoms with Gasteiger partial charge in [0.2, 0.25) is 0 Å². The van der Waals surface area contributed by atoms with Crippen molar-refractivity contribution in [2.45, 2.75) is 32.7 Å². The lowest BCUT2D eigenvalue weighted by atomic mass is 9.83. The lowest BCUT2D eigenvalue weighted by Gasteiger charge is -2.42. The molecule has 4 heteroatoms. The summed E-state index contributed by atoms with van der Waals surface area (Å²) >= 11 is 12.4. The Morgan fingerprint density at radius 3 is 2.74 bits per heavy atom. The van der Waals surface area contributed by atoms with Gasteiger partial charge in [0.15, 0.2) is 0 Å². The highest BCUT2D eigenvalue weighted by molar-refractivity contribution is 6.33. The third kappa shape index (κ3) is 3.63. The quantitative estimate of drug-likeness (QED) is 0.910. The van der Waals surface area contributed by atoms with Crippen molar-refractivity contribution < 1.29 is 0 Å². The normalized spacial score (nSPS) is 21.3. The van der Waals surface area contributed by atoms with Gasteiger partial charge in [-0.25, -0.2) is 0 Å². The molecule has 0 bridgehead atoms. The number of hydrogen-bond donors (Lipinski definition) is 1. The summed E-state index contributed by atoms with van der Waals surface area (Å²) in [6, 6.07) is 5.78. The van der Waals surface area contributed by atoms with Gasteiger partial charge >= 0.3 is 0 Å². The molecule has 1 saturated heterocycles. The molecule has 1 aromatic rings. The van der Waals surface area contributed by atoms with E-state index in [2.05, 4.69) is 18.7 Å². The van der Waals surface area contributed by atoms with Crippen molar-refractivity contribution in [3.63, 3.8) is 0 Å². The van der Waals surface area contributed by atoms with Gasteiger partial charge in [0.05, 0.1) is 0 Å². The maximum atomic E-state index is 6.32. The van der Waals surface area contributed by atoms with Crippen LogP contribution in [0, 0.1) is 5.41 Å². The summed E-state index contributed by atoms with van der Waals surface area (Å²) in [5.41, 5.74) is 7.39. The number of piperidine rings is 1. The molecule has 2 nitrogen and oxygen atoms in total. The van der Waals surface area contributed by atoms with Gasteiger partial charge in [-0.2, -0.15) is 0 Å². The molecule has 1 unspecified atom stereocenters. The lowest BCUT2D eigenvalue weighted by Crippen LogP contribution is -2.44. The molecule has 106 valence electrons. The minimum absolute atomic E-state index is 0.158. The zero-order valence-corrected chi connectivity index (χ0v) is 13.1. The lowest BCUT2D eigenvalue weighted by molar-refractivity contribution is 0.0807. The van der Waals surface area contributed by atoms with Crippen LogP contribution in [-0.4, -0.2) is 24.5 Å². The number of nitrogens with zero attached hydrogens (tertiary/aromatic N) is 1. The Hall–Kier alpha value is -0.280. The molecule has 1 aromatic carbocycles. The zero-order valence-electron chi connectivity index (χ0n) is 11.6. The van der Waals surface area contributed by atoms with Crippen LogP contribution in [0.3, 0.4) is 0 Å². The summed E-state index contributed by atoms with van der Waals surface area (Å²) in [6.07, 6.45) is 2.48. The number of hydrogen-bond acceptors (Lipinski definition) is 2. The third-order valence-corrected chi connectivity index (χ3v) is 4.49. The molecule has 0 aliphatic carbocycles. The number of benzene rings is 1. The molecule has 0 spiro atoms. The van der Waals surface area contributed by atoms with E-state index in [1.54, 1.807) is 0 Å². The topological polar surface area (TPSA) is 29.3 Å². The van der Waals surface area contributed by atoms with Crippen LogP contribution in [0.4, 0.5) is 0 Å². The molecule has 1 atom stereocenters. The predicted molar refractivity (Wildman–Crippen MR) is 82.8 cm³/mol. The third-order valence-electron chi connectivity index (χ3n) is 3.91. The Balaban J connectivity index is 2.26. The number of likely N-dealkylation sites (tertiary alicyclic amines) is 1. The molecule has 2 rings (SSSR count). The van der Waals surface area contributed by atoms with Gasteiger partial charge < -0.3 is 5.73 Å². The van der Waals surface area contributed by atoms with Gasteiger partial charge in [-0.05, 0) is 48.6 Å². The second kappa shape index (κ2) is 6.01. The standard InChI is InChI=1S/C15H22Cl2N2/c1-15(2)6-3-7-19(10-15)14(9-18)12-8-11(16)4-5-13(12)17/h4-5,8,14H,3,6-7,9-10,18H2,1-2H3. The molecular weight excluding hydrogens is 279 g/mol. The van der Waals surface area contributed by atoms with Gasteiger partial charge in [-0.1, -0.05) is 37.0 Å². The molecule has 1 aliphatic rings. The average molecular weight is 301 g/mol. The zero-order chi connectivity index (χ0) is 14.0. The summed E-state index contributed by atoms with van der Waals surface area (Å²) in [7, 11) is 0. The summed E-state index contributed by atoms with van der Waals surface area (Å²) < 4.78 is 0. The monoisotopic (exact) mass is 300 g/mol. The largest absolute Gasteiger partial charge is 0.329 e. The van der Waals surface area contributed by atoms with Crippen molar-refractivity contribution in [1.82, 2.24) is 4.90 Å². The Kier molecular flexibility index (Phi) is 4.78. The minimum Gasteiger partial charge on any atom is -0.329 e. The molecule has 0 aromatic heterocycles. The highest BCUT2D eigenvalue weighted by Crippen LogP contribution is 2.36. The van der Waals surface area contributed by atoms with Gasteiger partial charge in [0, 0.05) is 29.2 Å². The molecule has 1 heterocycles. The summed E-state index contributed by atoms with van der Waals surface area (Å²) in [6.45, 7) is 7.32. The van der Waals surface area contributed by atoms with Crippen LogP contribution in [0.5, 0.6) is 0 Å². The Morgan fingerprint density at radius 1 is 1.37 bits per heavy atom. The van der Waals surface area contributed by atoms with E-state index >= 15 is 0 Å². The smallest absolute Gasteiger partial charge is 0.0485 e. The van der Waals surface area contributed by atoms with Crippen LogP contribution in [0.1, 0.15) is 38.3 Å². The van der Waals surface area contributed by atoms with E-state index in [1.807, 2.05) is 18.2 Å². The maximum absolute atomic E-state index is 6.32. The second-order valence-electron chi connectivity index (χ2n) is 6.16. The highest BCUT2D eigenvalue weighted by Gasteiger charge is 2.31. The van der Waals surface area contributed by atoms with E-state index in [1.165, 1.54) is 12.8 Å². The van der Waals surface area contributed by atoms with Crippen LogP contribution in [-0.2, 0) is 0 Å². The first-order valence-corrected chi connectivity index (χ1v) is 7.57. The van der Waals surface area contributed by atoms with E-state index in [4.69, 9.17) is 28.9 Å². The fraction of sp³-hybridized carbons (Fsp3) is 0.600. The number of nitrogens with two attached hydrogens (primary N) is 1. The van der Waals surface area contributed by atoms with E-state index in [0.717, 1.165) is 23.7 Å². The van der Waals surface area contributed by atoms with E-state index in [-0.39, 0.29) is 6.04 Å². The van der Waals surface area contributed by atoms with Crippen molar-refractivity contribution in [3.8, 4) is 0 Å². The average Bonchev–Trinajstić information content (AvgIpc) is 2.33. The molecular formula is C15H22Cl2N2. The van der Waals surface area contributed by atoms with Crippen molar-refractivity contribution in [2.75, 3.05) is 19.6 Å². The molecule has 1 fully saturated rings. The van der Waals surface area contributed by atoms with Crippen molar-refractivity contribution in [2.24, 2.45) is 11.1 Å². The summed E-state index contributed by atoms with van der Waals surface area (Å²) in [5.74, 6) is 0. The second-order valence-corrected chi connectivity index (χ2v) is 7.00. The highest BCUT2D eigenvalue weighted by atomic mass is 35.5. The Labute approximate surface area is 125 Å². The van der Waals surface area contributed by atoms with Gasteiger partial charge in [0.25, 0.3) is 0 Å². The molecule has 0 amide bonds. The molecule has 0 radical (unpaired) electrons. The van der Waals surface area contributed by atoms with E-state index in [9.17, 15) is 0 Å². The van der Waals surface area contributed by atoms with Crippen molar-refractivity contribution >= 4 is 23.2 Å². The van der Waals surface area contributed by atoms with Crippen LogP contribution < -0.4 is 5.73 Å². The van der Waals surface area contributed by atoms with E-state index in [0.29, 0.717) is 17.0 Å². The SMILES string of the molecule is CC1(C)CCCN(C(CN)c2cc(Cl)ccc2Cl)C1. The van der Waals surface area contributed by atoms with Crippen LogP contribution in [0.25, 0.3) is 0 Å². The fourth-order valence-corrected chi connectivity index (χ4v) is 3.40. The molecule has 19 heavy (non-hydrogen) atoms. The molecule has 1 aliphatic heterocycles. The number of rotatable bonds is 3. The first-order chi connectivity index (χ1) is 8.93. The predicted octanol–water partition coefficient (Wildman–Crippen LogP) is 4.12. The van der Waals surface area contributed by atoms with Gasteiger partial charge in [-0.15, -0.1) is 0 Å². The van der Waals surface area contributed by atoms with Crippen LogP contribution in [0.15, 0.2) is 18.2 Å². The Morgan fingerprint density at radius 2 is 2.11 bits per heavy atom. The van der Waals surface area contributed by atoms with Crippen LogP contribution in [0.2, 0.25) is 10.0 Å². The summed E-state index contributed by atoms with van der Waals surface area (Å²) in [5, 5.41) is 1.47. The first-order valence-electron chi connectivity index (χ1n) is 6.82. The minimum atomic E-state index is 0.158. The summed E-state index contributed by atoms with van der Waals surface area (Å²) in [4.78, 5) is 2.45. The van der Waals surface area contributed by atoms with Crippen molar-refractivity contribution in [3.05, 3.63) is 33.8 Å². The van der Waals surface area contributed by atoms with Gasteiger partial charge in [-0.3, -0.25) is 4.90 Å². The molecule has 2 N–H and O–H groups in total.